The summed E-state index contributed by atoms with van der Waals surface area (Å²) < 4.78 is 25.6. The van der Waals surface area contributed by atoms with Gasteiger partial charge in [0.25, 0.3) is 0 Å². The lowest BCUT2D eigenvalue weighted by atomic mass is 9.56. The van der Waals surface area contributed by atoms with Gasteiger partial charge in [-0.3, -0.25) is 9.59 Å². The quantitative estimate of drug-likeness (QED) is 0.356. The fraction of sp³-hybridized carbons (Fsp3) is 0.667. The van der Waals surface area contributed by atoms with Crippen LogP contribution in [0.2, 0.25) is 0 Å². The van der Waals surface area contributed by atoms with Gasteiger partial charge in [0.1, 0.15) is 0 Å². The molecule has 1 saturated carbocycles. The zero-order valence-corrected chi connectivity index (χ0v) is 15.6. The fourth-order valence-electron chi connectivity index (χ4n) is 4.39. The Bertz CT molecular complexity index is 652. The van der Waals surface area contributed by atoms with Crippen LogP contribution in [0.1, 0.15) is 13.8 Å². The van der Waals surface area contributed by atoms with Crippen molar-refractivity contribution < 1.29 is 42.9 Å². The van der Waals surface area contributed by atoms with Crippen molar-refractivity contribution in [2.75, 3.05) is 27.4 Å². The van der Waals surface area contributed by atoms with Gasteiger partial charge in [-0.2, -0.15) is 0 Å². The SMILES string of the molecule is CCOC(=O)C1C2C(C(=O)OC)=C(C(=O)OC)C(C3OC32)C1C(=O)OCC. The lowest BCUT2D eigenvalue weighted by molar-refractivity contribution is -0.168. The smallest absolute Gasteiger partial charge is 0.334 e. The van der Waals surface area contributed by atoms with E-state index in [4.69, 9.17) is 23.7 Å². The highest BCUT2D eigenvalue weighted by Gasteiger charge is 2.72. The minimum absolute atomic E-state index is 0.0201. The van der Waals surface area contributed by atoms with E-state index in [1.165, 1.54) is 14.2 Å². The second kappa shape index (κ2) is 7.30. The summed E-state index contributed by atoms with van der Waals surface area (Å²) in [5.74, 6) is -6.45. The Kier molecular flexibility index (Phi) is 5.23. The third kappa shape index (κ3) is 2.90. The summed E-state index contributed by atoms with van der Waals surface area (Å²) in [4.78, 5) is 50.3. The van der Waals surface area contributed by atoms with Crippen molar-refractivity contribution in [1.82, 2.24) is 0 Å². The van der Waals surface area contributed by atoms with E-state index < -0.39 is 59.8 Å². The van der Waals surface area contributed by atoms with Crippen molar-refractivity contribution in [2.24, 2.45) is 23.7 Å². The van der Waals surface area contributed by atoms with Crippen LogP contribution >= 0.6 is 0 Å². The molecule has 0 amide bonds. The molecule has 1 heterocycles. The summed E-state index contributed by atoms with van der Waals surface area (Å²) in [6, 6.07) is 0. The highest BCUT2D eigenvalue weighted by atomic mass is 16.6. The van der Waals surface area contributed by atoms with E-state index in [1.54, 1.807) is 13.8 Å². The number of hydrogen-bond donors (Lipinski definition) is 0. The summed E-state index contributed by atoms with van der Waals surface area (Å²) >= 11 is 0. The van der Waals surface area contributed by atoms with Crippen molar-refractivity contribution in [3.05, 3.63) is 11.1 Å². The van der Waals surface area contributed by atoms with Crippen LogP contribution in [0, 0.1) is 23.7 Å². The van der Waals surface area contributed by atoms with E-state index in [-0.39, 0.29) is 24.4 Å². The molecule has 27 heavy (non-hydrogen) atoms. The molecule has 0 spiro atoms. The minimum Gasteiger partial charge on any atom is -0.466 e. The van der Waals surface area contributed by atoms with Gasteiger partial charge in [-0.1, -0.05) is 0 Å². The summed E-state index contributed by atoms with van der Waals surface area (Å²) in [5, 5.41) is 0. The molecule has 9 heteroatoms. The van der Waals surface area contributed by atoms with Gasteiger partial charge in [-0.05, 0) is 13.8 Å². The third-order valence-corrected chi connectivity index (χ3v) is 5.32. The number of epoxide rings is 1. The van der Waals surface area contributed by atoms with E-state index in [9.17, 15) is 19.2 Å². The van der Waals surface area contributed by atoms with E-state index >= 15 is 0 Å². The molecule has 3 aliphatic carbocycles. The largest absolute Gasteiger partial charge is 0.466 e. The molecule has 1 aliphatic heterocycles. The van der Waals surface area contributed by atoms with Crippen LogP contribution in [0.25, 0.3) is 0 Å². The Morgan fingerprint density at radius 3 is 1.44 bits per heavy atom. The van der Waals surface area contributed by atoms with Gasteiger partial charge in [0.15, 0.2) is 0 Å². The molecule has 4 rings (SSSR count). The molecule has 9 nitrogen and oxygen atoms in total. The Hall–Kier alpha value is -2.42. The number of hydrogen-bond acceptors (Lipinski definition) is 9. The van der Waals surface area contributed by atoms with Crippen molar-refractivity contribution in [1.29, 1.82) is 0 Å². The number of methoxy groups -OCH3 is 2. The lowest BCUT2D eigenvalue weighted by Crippen LogP contribution is -2.56. The number of fused-ring (bicyclic) bond motifs is 1. The predicted molar refractivity (Wildman–Crippen MR) is 86.9 cm³/mol. The van der Waals surface area contributed by atoms with Gasteiger partial charge in [0.2, 0.25) is 0 Å². The van der Waals surface area contributed by atoms with Crippen molar-refractivity contribution in [2.45, 2.75) is 26.1 Å². The number of esters is 4. The highest BCUT2D eigenvalue weighted by Crippen LogP contribution is 2.61. The van der Waals surface area contributed by atoms with Crippen LogP contribution in [0.3, 0.4) is 0 Å². The second-order valence-corrected chi connectivity index (χ2v) is 6.48. The molecule has 4 aliphatic rings. The number of carbonyl (C=O) groups is 4. The molecule has 0 N–H and O–H groups in total. The molecule has 1 saturated heterocycles. The zero-order chi connectivity index (χ0) is 19.9. The molecular weight excluding hydrogens is 360 g/mol. The molecular formula is C18H22O9. The van der Waals surface area contributed by atoms with Crippen LogP contribution in [0.15, 0.2) is 11.1 Å². The fourth-order valence-corrected chi connectivity index (χ4v) is 4.39. The standard InChI is InChI=1S/C18H22O9/c1-5-25-17(21)11-7-9(15(19)23-3)10(16(20)24-4)8(14-13(7)27-14)12(11)18(22)26-6-2/h7-8,11-14H,5-6H2,1-4H3. The van der Waals surface area contributed by atoms with E-state index in [2.05, 4.69) is 0 Å². The normalized spacial score (nSPS) is 33.0. The molecule has 6 unspecified atom stereocenters. The maximum Gasteiger partial charge on any atom is 0.334 e. The molecule has 0 aromatic heterocycles. The van der Waals surface area contributed by atoms with Gasteiger partial charge in [-0.25, -0.2) is 9.59 Å². The maximum atomic E-state index is 12.7. The average molecular weight is 382 g/mol. The molecule has 2 fully saturated rings. The van der Waals surface area contributed by atoms with Crippen LogP contribution in [0.5, 0.6) is 0 Å². The first-order valence-corrected chi connectivity index (χ1v) is 8.82. The molecule has 148 valence electrons. The zero-order valence-electron chi connectivity index (χ0n) is 15.6. The van der Waals surface area contributed by atoms with Gasteiger partial charge < -0.3 is 23.7 Å². The van der Waals surface area contributed by atoms with Gasteiger partial charge in [0, 0.05) is 11.8 Å². The van der Waals surface area contributed by atoms with Crippen molar-refractivity contribution in [3.63, 3.8) is 0 Å². The third-order valence-electron chi connectivity index (χ3n) is 5.32. The summed E-state index contributed by atoms with van der Waals surface area (Å²) in [6.07, 6.45) is -0.921. The Morgan fingerprint density at radius 1 is 0.778 bits per heavy atom. The van der Waals surface area contributed by atoms with Crippen LogP contribution in [-0.2, 0) is 42.9 Å². The number of carbonyl (C=O) groups excluding carboxylic acids is 4. The molecule has 2 bridgehead atoms. The summed E-state index contributed by atoms with van der Waals surface area (Å²) in [5.41, 5.74) is 0.0402. The van der Waals surface area contributed by atoms with Crippen molar-refractivity contribution >= 4 is 23.9 Å². The number of rotatable bonds is 6. The Morgan fingerprint density at radius 2 is 1.15 bits per heavy atom. The molecule has 0 aromatic carbocycles. The lowest BCUT2D eigenvalue weighted by Gasteiger charge is -2.44. The minimum atomic E-state index is -1.000. The summed E-state index contributed by atoms with van der Waals surface area (Å²) in [7, 11) is 2.36. The number of ether oxygens (including phenoxy) is 5. The Balaban J connectivity index is 2.17. The Labute approximate surface area is 155 Å². The van der Waals surface area contributed by atoms with Gasteiger partial charge in [0.05, 0.1) is 62.6 Å². The monoisotopic (exact) mass is 382 g/mol. The molecule has 0 radical (unpaired) electrons. The van der Waals surface area contributed by atoms with Crippen LogP contribution in [0.4, 0.5) is 0 Å². The second-order valence-electron chi connectivity index (χ2n) is 6.48. The van der Waals surface area contributed by atoms with E-state index in [0.717, 1.165) is 0 Å². The average Bonchev–Trinajstić information content (AvgIpc) is 3.47. The van der Waals surface area contributed by atoms with E-state index in [0.29, 0.717) is 0 Å². The topological polar surface area (TPSA) is 118 Å². The maximum absolute atomic E-state index is 12.7. The van der Waals surface area contributed by atoms with E-state index in [1.807, 2.05) is 0 Å². The van der Waals surface area contributed by atoms with Crippen molar-refractivity contribution in [3.8, 4) is 0 Å². The van der Waals surface area contributed by atoms with Crippen LogP contribution < -0.4 is 0 Å². The first-order chi connectivity index (χ1) is 12.9. The highest BCUT2D eigenvalue weighted by molar-refractivity contribution is 6.04. The predicted octanol–water partition coefficient (Wildman–Crippen LogP) is 0.0146. The molecule has 6 atom stereocenters. The van der Waals surface area contributed by atoms with Gasteiger partial charge in [-0.15, -0.1) is 0 Å². The summed E-state index contributed by atoms with van der Waals surface area (Å²) in [6.45, 7) is 3.51. The van der Waals surface area contributed by atoms with Gasteiger partial charge >= 0.3 is 23.9 Å². The first-order valence-electron chi connectivity index (χ1n) is 8.82. The molecule has 0 aromatic rings. The first kappa shape index (κ1) is 19.3. The van der Waals surface area contributed by atoms with Crippen LogP contribution in [-0.4, -0.2) is 63.5 Å².